The summed E-state index contributed by atoms with van der Waals surface area (Å²) in [6.07, 6.45) is 3.50. The maximum Gasteiger partial charge on any atom is 0.0834 e. The van der Waals surface area contributed by atoms with E-state index < -0.39 is 11.5 Å². The van der Waals surface area contributed by atoms with Crippen molar-refractivity contribution in [2.24, 2.45) is 11.3 Å². The van der Waals surface area contributed by atoms with Gasteiger partial charge in [-0.15, -0.1) is 0 Å². The smallest absolute Gasteiger partial charge is 0.0834 e. The molecule has 2 nitrogen and oxygen atoms in total. The molecule has 2 heteroatoms. The van der Waals surface area contributed by atoms with E-state index in [0.29, 0.717) is 0 Å². The molecular weight excluding hydrogens is 150 g/mol. The van der Waals surface area contributed by atoms with E-state index in [0.717, 1.165) is 25.7 Å². The molecule has 12 heavy (non-hydrogen) atoms. The maximum absolute atomic E-state index is 9.85. The Kier molecular flexibility index (Phi) is 2.74. The van der Waals surface area contributed by atoms with Gasteiger partial charge in [-0.2, -0.15) is 5.26 Å². The second-order valence-electron chi connectivity index (χ2n) is 4.16. The minimum Gasteiger partial charge on any atom is -0.391 e. The molecule has 1 aliphatic rings. The lowest BCUT2D eigenvalue weighted by molar-refractivity contribution is 0.0287. The molecule has 0 amide bonds. The first-order valence-corrected chi connectivity index (χ1v) is 4.72. The summed E-state index contributed by atoms with van der Waals surface area (Å²) in [5, 5.41) is 18.9. The van der Waals surface area contributed by atoms with Crippen molar-refractivity contribution in [2.45, 2.75) is 45.6 Å². The van der Waals surface area contributed by atoms with Gasteiger partial charge in [-0.3, -0.25) is 0 Å². The molecule has 0 aliphatic heterocycles. The Bertz CT molecular complexity index is 187. The summed E-state index contributed by atoms with van der Waals surface area (Å²) in [5.74, 6) is 0.197. The third-order valence-electron chi connectivity index (χ3n) is 2.92. The van der Waals surface area contributed by atoms with Crippen molar-refractivity contribution in [2.75, 3.05) is 0 Å². The molecule has 0 radical (unpaired) electrons. The summed E-state index contributed by atoms with van der Waals surface area (Å²) in [7, 11) is 0. The van der Waals surface area contributed by atoms with E-state index in [9.17, 15) is 5.11 Å². The van der Waals surface area contributed by atoms with Gasteiger partial charge in [-0.1, -0.05) is 26.7 Å². The fourth-order valence-corrected chi connectivity index (χ4v) is 2.12. The van der Waals surface area contributed by atoms with Gasteiger partial charge in [0, 0.05) is 0 Å². The SMILES string of the molecule is CC(C)C(O)C1(C#N)CCCC1. The highest BCUT2D eigenvalue weighted by atomic mass is 16.3. The Labute approximate surface area is 74.2 Å². The monoisotopic (exact) mass is 167 g/mol. The molecule has 0 bridgehead atoms. The molecule has 1 fully saturated rings. The van der Waals surface area contributed by atoms with Crippen LogP contribution in [0.15, 0.2) is 0 Å². The van der Waals surface area contributed by atoms with Crippen molar-refractivity contribution >= 4 is 0 Å². The van der Waals surface area contributed by atoms with E-state index in [2.05, 4.69) is 6.07 Å². The van der Waals surface area contributed by atoms with Crippen LogP contribution >= 0.6 is 0 Å². The zero-order valence-electron chi connectivity index (χ0n) is 7.88. The fraction of sp³-hybridized carbons (Fsp3) is 0.900. The van der Waals surface area contributed by atoms with E-state index in [1.807, 2.05) is 13.8 Å². The number of aliphatic hydroxyl groups is 1. The van der Waals surface area contributed by atoms with Gasteiger partial charge in [-0.05, 0) is 18.8 Å². The second kappa shape index (κ2) is 3.45. The maximum atomic E-state index is 9.85. The van der Waals surface area contributed by atoms with Crippen molar-refractivity contribution in [1.82, 2.24) is 0 Å². The third-order valence-corrected chi connectivity index (χ3v) is 2.92. The zero-order chi connectivity index (χ0) is 9.19. The number of rotatable bonds is 2. The Morgan fingerprint density at radius 2 is 1.83 bits per heavy atom. The molecule has 1 saturated carbocycles. The molecule has 0 aromatic carbocycles. The first kappa shape index (κ1) is 9.54. The van der Waals surface area contributed by atoms with E-state index in [4.69, 9.17) is 5.26 Å². The van der Waals surface area contributed by atoms with Gasteiger partial charge in [-0.25, -0.2) is 0 Å². The highest BCUT2D eigenvalue weighted by molar-refractivity contribution is 5.06. The number of hydrogen-bond acceptors (Lipinski definition) is 2. The zero-order valence-corrected chi connectivity index (χ0v) is 7.88. The van der Waals surface area contributed by atoms with E-state index in [1.54, 1.807) is 0 Å². The molecule has 1 N–H and O–H groups in total. The van der Waals surface area contributed by atoms with Crippen LogP contribution in [0.1, 0.15) is 39.5 Å². The molecular formula is C10H17NO. The second-order valence-corrected chi connectivity index (χ2v) is 4.16. The average molecular weight is 167 g/mol. The molecule has 1 atom stereocenters. The van der Waals surface area contributed by atoms with Crippen molar-refractivity contribution in [1.29, 1.82) is 5.26 Å². The number of nitriles is 1. The largest absolute Gasteiger partial charge is 0.391 e. The van der Waals surface area contributed by atoms with Crippen LogP contribution in [0.2, 0.25) is 0 Å². The Balaban J connectivity index is 2.74. The quantitative estimate of drug-likeness (QED) is 0.684. The first-order valence-electron chi connectivity index (χ1n) is 4.72. The summed E-state index contributed by atoms with van der Waals surface area (Å²) in [4.78, 5) is 0. The van der Waals surface area contributed by atoms with Crippen LogP contribution in [0.4, 0.5) is 0 Å². The Hall–Kier alpha value is -0.550. The predicted octanol–water partition coefficient (Wildman–Crippen LogP) is 2.09. The van der Waals surface area contributed by atoms with Gasteiger partial charge in [0.15, 0.2) is 0 Å². The van der Waals surface area contributed by atoms with Crippen molar-refractivity contribution in [3.63, 3.8) is 0 Å². The molecule has 0 spiro atoms. The lowest BCUT2D eigenvalue weighted by Gasteiger charge is -2.29. The fourth-order valence-electron chi connectivity index (χ4n) is 2.12. The molecule has 0 heterocycles. The van der Waals surface area contributed by atoms with Gasteiger partial charge in [0.05, 0.1) is 17.6 Å². The summed E-state index contributed by atoms with van der Waals surface area (Å²) in [6.45, 7) is 3.95. The molecule has 1 unspecified atom stereocenters. The van der Waals surface area contributed by atoms with Gasteiger partial charge >= 0.3 is 0 Å². The Morgan fingerprint density at radius 1 is 1.33 bits per heavy atom. The standard InChI is InChI=1S/C10H17NO/c1-8(2)9(12)10(7-11)5-3-4-6-10/h8-9,12H,3-6H2,1-2H3. The van der Waals surface area contributed by atoms with Gasteiger partial charge in [0.25, 0.3) is 0 Å². The molecule has 1 rings (SSSR count). The van der Waals surface area contributed by atoms with Crippen molar-refractivity contribution in [3.8, 4) is 6.07 Å². The molecule has 0 aromatic heterocycles. The van der Waals surface area contributed by atoms with Crippen LogP contribution in [-0.2, 0) is 0 Å². The Morgan fingerprint density at radius 3 is 2.17 bits per heavy atom. The van der Waals surface area contributed by atoms with Crippen LogP contribution in [0, 0.1) is 22.7 Å². The highest BCUT2D eigenvalue weighted by Crippen LogP contribution is 2.42. The minimum absolute atomic E-state index is 0.197. The molecule has 1 aliphatic carbocycles. The van der Waals surface area contributed by atoms with Crippen molar-refractivity contribution in [3.05, 3.63) is 0 Å². The third kappa shape index (κ3) is 1.47. The van der Waals surface area contributed by atoms with Gasteiger partial charge < -0.3 is 5.11 Å². The summed E-state index contributed by atoms with van der Waals surface area (Å²) in [5.41, 5.74) is -0.422. The number of hydrogen-bond donors (Lipinski definition) is 1. The predicted molar refractivity (Wildman–Crippen MR) is 47.4 cm³/mol. The minimum atomic E-state index is -0.440. The molecule has 0 aromatic rings. The first-order chi connectivity index (χ1) is 5.62. The van der Waals surface area contributed by atoms with Crippen LogP contribution in [0.25, 0.3) is 0 Å². The molecule has 0 saturated heterocycles. The van der Waals surface area contributed by atoms with E-state index >= 15 is 0 Å². The number of aliphatic hydroxyl groups excluding tert-OH is 1. The summed E-state index contributed by atoms with van der Waals surface area (Å²) < 4.78 is 0. The molecule has 68 valence electrons. The van der Waals surface area contributed by atoms with E-state index in [1.165, 1.54) is 0 Å². The van der Waals surface area contributed by atoms with Crippen LogP contribution in [0.5, 0.6) is 0 Å². The summed E-state index contributed by atoms with van der Waals surface area (Å²) in [6, 6.07) is 2.31. The lowest BCUT2D eigenvalue weighted by atomic mass is 9.77. The topological polar surface area (TPSA) is 44.0 Å². The lowest BCUT2D eigenvalue weighted by Crippen LogP contribution is -2.35. The summed E-state index contributed by atoms with van der Waals surface area (Å²) >= 11 is 0. The van der Waals surface area contributed by atoms with Crippen molar-refractivity contribution < 1.29 is 5.11 Å². The normalized spacial score (nSPS) is 23.9. The van der Waals surface area contributed by atoms with Gasteiger partial charge in [0.1, 0.15) is 0 Å². The van der Waals surface area contributed by atoms with Crippen LogP contribution in [-0.4, -0.2) is 11.2 Å². The highest BCUT2D eigenvalue weighted by Gasteiger charge is 2.42. The van der Waals surface area contributed by atoms with Crippen LogP contribution < -0.4 is 0 Å². The average Bonchev–Trinajstić information content (AvgIpc) is 2.52. The van der Waals surface area contributed by atoms with Crippen LogP contribution in [0.3, 0.4) is 0 Å². The number of nitrogens with zero attached hydrogens (tertiary/aromatic N) is 1. The van der Waals surface area contributed by atoms with Gasteiger partial charge in [0.2, 0.25) is 0 Å². The van der Waals surface area contributed by atoms with E-state index in [-0.39, 0.29) is 5.92 Å².